The van der Waals surface area contributed by atoms with Crippen molar-refractivity contribution in [1.82, 2.24) is 0 Å². The highest BCUT2D eigenvalue weighted by molar-refractivity contribution is 5.85. The number of methoxy groups -OCH3 is 1. The third kappa shape index (κ3) is 2.76. The molecule has 2 unspecified atom stereocenters. The predicted octanol–water partition coefficient (Wildman–Crippen LogP) is 7.39. The van der Waals surface area contributed by atoms with Crippen molar-refractivity contribution in [1.29, 1.82) is 0 Å². The number of fused-ring (bicyclic) bond motifs is 7. The van der Waals surface area contributed by atoms with Gasteiger partial charge in [-0.25, -0.2) is 0 Å². The third-order valence-corrected chi connectivity index (χ3v) is 13.3. The molecule has 0 aromatic heterocycles. The molecule has 34 heavy (non-hydrogen) atoms. The van der Waals surface area contributed by atoms with E-state index in [1.165, 1.54) is 6.42 Å². The SMILES string of the molecule is COC(=O)C12CC[C@@H](C)[C@H](C)C1C1=CC[C@@H]3[C@@]4(C)CCC(=O)C(C)(C)[C@@H]4CC[C@@]3(C)[C@]1(C)CC2. The lowest BCUT2D eigenvalue weighted by atomic mass is 9.33. The van der Waals surface area contributed by atoms with Gasteiger partial charge >= 0.3 is 5.97 Å². The molecule has 3 heteroatoms. The number of carbonyl (C=O) groups is 2. The van der Waals surface area contributed by atoms with Crippen LogP contribution in [0.15, 0.2) is 11.6 Å². The van der Waals surface area contributed by atoms with Gasteiger partial charge in [-0.15, -0.1) is 0 Å². The minimum absolute atomic E-state index is 0.0367. The Hall–Kier alpha value is -1.12. The zero-order valence-corrected chi connectivity index (χ0v) is 23.1. The lowest BCUT2D eigenvalue weighted by Gasteiger charge is -2.70. The molecule has 0 aromatic carbocycles. The summed E-state index contributed by atoms with van der Waals surface area (Å²) in [6, 6.07) is 0. The summed E-state index contributed by atoms with van der Waals surface area (Å²) in [4.78, 5) is 26.3. The Balaban J connectivity index is 1.62. The number of esters is 1. The van der Waals surface area contributed by atoms with Crippen LogP contribution in [0, 0.1) is 56.7 Å². The number of ketones is 1. The van der Waals surface area contributed by atoms with E-state index in [4.69, 9.17) is 4.74 Å². The van der Waals surface area contributed by atoms with E-state index in [9.17, 15) is 9.59 Å². The summed E-state index contributed by atoms with van der Waals surface area (Å²) in [5.41, 5.74) is 1.58. The highest BCUT2D eigenvalue weighted by Gasteiger charge is 2.69. The van der Waals surface area contributed by atoms with Crippen LogP contribution >= 0.6 is 0 Å². The minimum Gasteiger partial charge on any atom is -0.469 e. The monoisotopic (exact) mass is 468 g/mol. The van der Waals surface area contributed by atoms with Crippen molar-refractivity contribution in [3.63, 3.8) is 0 Å². The second-order valence-electron chi connectivity index (χ2n) is 14.4. The molecule has 5 rings (SSSR count). The Morgan fingerprint density at radius 3 is 2.32 bits per heavy atom. The topological polar surface area (TPSA) is 43.4 Å². The lowest BCUT2D eigenvalue weighted by Crippen LogP contribution is -2.65. The van der Waals surface area contributed by atoms with Crippen LogP contribution in [0.4, 0.5) is 0 Å². The molecule has 0 amide bonds. The van der Waals surface area contributed by atoms with Gasteiger partial charge in [-0.2, -0.15) is 0 Å². The van der Waals surface area contributed by atoms with Gasteiger partial charge in [0.25, 0.3) is 0 Å². The van der Waals surface area contributed by atoms with Gasteiger partial charge in [0.15, 0.2) is 0 Å². The van der Waals surface area contributed by atoms with E-state index >= 15 is 0 Å². The molecule has 4 saturated carbocycles. The van der Waals surface area contributed by atoms with Gasteiger partial charge in [-0.1, -0.05) is 60.1 Å². The van der Waals surface area contributed by atoms with Crippen molar-refractivity contribution in [3.05, 3.63) is 11.6 Å². The molecule has 0 N–H and O–H groups in total. The number of hydrogen-bond acceptors (Lipinski definition) is 3. The Morgan fingerprint density at radius 2 is 1.65 bits per heavy atom. The maximum absolute atomic E-state index is 13.4. The molecule has 5 aliphatic carbocycles. The predicted molar refractivity (Wildman–Crippen MR) is 136 cm³/mol. The Morgan fingerprint density at radius 1 is 0.941 bits per heavy atom. The highest BCUT2D eigenvalue weighted by atomic mass is 16.5. The second kappa shape index (κ2) is 7.45. The van der Waals surface area contributed by atoms with Crippen LogP contribution in [0.1, 0.15) is 106 Å². The summed E-state index contributed by atoms with van der Waals surface area (Å²) in [7, 11) is 1.59. The number of rotatable bonds is 1. The van der Waals surface area contributed by atoms with E-state index < -0.39 is 0 Å². The van der Waals surface area contributed by atoms with Crippen LogP contribution < -0.4 is 0 Å². The van der Waals surface area contributed by atoms with Crippen LogP contribution in [-0.4, -0.2) is 18.9 Å². The van der Waals surface area contributed by atoms with Crippen molar-refractivity contribution in [3.8, 4) is 0 Å². The molecule has 3 nitrogen and oxygen atoms in total. The van der Waals surface area contributed by atoms with Gasteiger partial charge in [0.1, 0.15) is 5.78 Å². The molecule has 0 spiro atoms. The number of hydrogen-bond donors (Lipinski definition) is 0. The highest BCUT2D eigenvalue weighted by Crippen LogP contribution is 2.75. The molecule has 9 atom stereocenters. The van der Waals surface area contributed by atoms with Crippen LogP contribution in [0.25, 0.3) is 0 Å². The average molecular weight is 469 g/mol. The Bertz CT molecular complexity index is 931. The van der Waals surface area contributed by atoms with Gasteiger partial charge in [0.05, 0.1) is 12.5 Å². The minimum atomic E-state index is -0.338. The van der Waals surface area contributed by atoms with Gasteiger partial charge in [0.2, 0.25) is 0 Å². The number of Topliss-reactive ketones (excluding diaryl/α,β-unsaturated/α-hetero) is 1. The molecular weight excluding hydrogens is 420 g/mol. The summed E-state index contributed by atoms with van der Waals surface area (Å²) in [6.07, 6.45) is 12.0. The molecule has 0 saturated heterocycles. The van der Waals surface area contributed by atoms with E-state index in [1.807, 2.05) is 0 Å². The largest absolute Gasteiger partial charge is 0.469 e. The van der Waals surface area contributed by atoms with E-state index in [-0.39, 0.29) is 33.0 Å². The molecule has 0 aliphatic heterocycles. The maximum Gasteiger partial charge on any atom is 0.312 e. The number of ether oxygens (including phenoxy) is 1. The Kier molecular flexibility index (Phi) is 5.38. The molecule has 0 heterocycles. The molecular formula is C31H48O3. The van der Waals surface area contributed by atoms with E-state index in [1.54, 1.807) is 12.7 Å². The standard InChI is InChI=1S/C31H48O3/c1-19-11-16-31(26(33)34-8)18-17-29(6)21(25(31)20(19)2)9-10-23-28(5)14-13-24(32)27(3,4)22(28)12-15-30(23,29)7/h9,19-20,22-23,25H,10-18H2,1-8H3/t19-,20+,22+,23-,25?,28+,29-,30-,31?/m1/s1. The van der Waals surface area contributed by atoms with Crippen molar-refractivity contribution in [2.24, 2.45) is 56.7 Å². The fourth-order valence-corrected chi connectivity index (χ4v) is 10.8. The molecule has 0 bridgehead atoms. The zero-order chi connectivity index (χ0) is 24.9. The van der Waals surface area contributed by atoms with Crippen LogP contribution in [-0.2, 0) is 14.3 Å². The summed E-state index contributed by atoms with van der Waals surface area (Å²) in [5.74, 6) is 3.02. The molecule has 5 aliphatic rings. The normalized spacial score (nSPS) is 51.8. The smallest absolute Gasteiger partial charge is 0.312 e. The molecule has 190 valence electrons. The molecule has 0 aromatic rings. The first-order valence-corrected chi connectivity index (χ1v) is 14.1. The maximum atomic E-state index is 13.4. The summed E-state index contributed by atoms with van der Waals surface area (Å²) >= 11 is 0. The quantitative estimate of drug-likeness (QED) is 0.298. The van der Waals surface area contributed by atoms with Crippen molar-refractivity contribution in [2.75, 3.05) is 7.11 Å². The van der Waals surface area contributed by atoms with E-state index in [0.717, 1.165) is 51.4 Å². The third-order valence-electron chi connectivity index (χ3n) is 13.3. The first-order chi connectivity index (χ1) is 15.8. The van der Waals surface area contributed by atoms with Gasteiger partial charge < -0.3 is 4.74 Å². The average Bonchev–Trinajstić information content (AvgIpc) is 2.79. The fourth-order valence-electron chi connectivity index (χ4n) is 10.8. The zero-order valence-electron chi connectivity index (χ0n) is 23.1. The Labute approximate surface area is 207 Å². The first kappa shape index (κ1) is 24.6. The first-order valence-electron chi connectivity index (χ1n) is 14.1. The second-order valence-corrected chi connectivity index (χ2v) is 14.4. The number of allylic oxidation sites excluding steroid dienone is 2. The molecule has 0 radical (unpaired) electrons. The summed E-state index contributed by atoms with van der Waals surface area (Å²) in [5, 5.41) is 0. The van der Waals surface area contributed by atoms with E-state index in [0.29, 0.717) is 35.4 Å². The van der Waals surface area contributed by atoms with Crippen molar-refractivity contribution in [2.45, 2.75) is 106 Å². The summed E-state index contributed by atoms with van der Waals surface area (Å²) in [6.45, 7) is 16.9. The lowest BCUT2D eigenvalue weighted by molar-refractivity contribution is -0.191. The van der Waals surface area contributed by atoms with Crippen molar-refractivity contribution >= 4 is 11.8 Å². The van der Waals surface area contributed by atoms with Crippen LogP contribution in [0.3, 0.4) is 0 Å². The van der Waals surface area contributed by atoms with Crippen LogP contribution in [0.5, 0.6) is 0 Å². The fraction of sp³-hybridized carbons (Fsp3) is 0.871. The number of carbonyl (C=O) groups excluding carboxylic acids is 2. The van der Waals surface area contributed by atoms with Gasteiger partial charge in [0, 0.05) is 11.8 Å². The van der Waals surface area contributed by atoms with Gasteiger partial charge in [-0.05, 0) is 97.2 Å². The molecule has 4 fully saturated rings. The van der Waals surface area contributed by atoms with Crippen LogP contribution in [0.2, 0.25) is 0 Å². The summed E-state index contributed by atoms with van der Waals surface area (Å²) < 4.78 is 5.50. The van der Waals surface area contributed by atoms with E-state index in [2.05, 4.69) is 54.5 Å². The van der Waals surface area contributed by atoms with Crippen molar-refractivity contribution < 1.29 is 14.3 Å². The van der Waals surface area contributed by atoms with Gasteiger partial charge in [-0.3, -0.25) is 9.59 Å².